The average molecular weight is 370 g/mol. The van der Waals surface area contributed by atoms with E-state index in [9.17, 15) is 4.79 Å². The van der Waals surface area contributed by atoms with Crippen molar-refractivity contribution in [2.45, 2.75) is 19.8 Å². The zero-order valence-electron chi connectivity index (χ0n) is 16.3. The zero-order chi connectivity index (χ0) is 19.8. The summed E-state index contributed by atoms with van der Waals surface area (Å²) >= 11 is 0. The van der Waals surface area contributed by atoms with Crippen LogP contribution in [-0.2, 0) is 0 Å². The molecule has 0 bridgehead atoms. The van der Waals surface area contributed by atoms with Gasteiger partial charge in [0.2, 0.25) is 5.75 Å². The van der Waals surface area contributed by atoms with E-state index in [1.807, 2.05) is 24.3 Å². The Morgan fingerprint density at radius 1 is 1.04 bits per heavy atom. The van der Waals surface area contributed by atoms with Crippen LogP contribution in [0.25, 0.3) is 11.1 Å². The van der Waals surface area contributed by atoms with Crippen LogP contribution < -0.4 is 18.9 Å². The van der Waals surface area contributed by atoms with Gasteiger partial charge in [-0.05, 0) is 54.0 Å². The molecule has 144 valence electrons. The summed E-state index contributed by atoms with van der Waals surface area (Å²) in [5.74, 6) is 2.02. The lowest BCUT2D eigenvalue weighted by molar-refractivity contribution is 0.104. The Morgan fingerprint density at radius 3 is 2.22 bits per heavy atom. The average Bonchev–Trinajstić information content (AvgIpc) is 2.72. The van der Waals surface area contributed by atoms with Crippen molar-refractivity contribution in [3.8, 4) is 34.1 Å². The number of ketones is 1. The fourth-order valence-electron chi connectivity index (χ4n) is 2.75. The molecule has 0 unspecified atom stereocenters. The molecule has 0 N–H and O–H groups in total. The molecular weight excluding hydrogens is 344 g/mol. The summed E-state index contributed by atoms with van der Waals surface area (Å²) in [6.07, 6.45) is 3.30. The van der Waals surface area contributed by atoms with Crippen molar-refractivity contribution in [1.82, 2.24) is 0 Å². The van der Waals surface area contributed by atoms with Crippen LogP contribution in [0.5, 0.6) is 23.0 Å². The van der Waals surface area contributed by atoms with Crippen molar-refractivity contribution < 1.29 is 23.7 Å². The van der Waals surface area contributed by atoms with Gasteiger partial charge in [0.25, 0.3) is 0 Å². The highest BCUT2D eigenvalue weighted by Crippen LogP contribution is 2.42. The topological polar surface area (TPSA) is 54.0 Å². The summed E-state index contributed by atoms with van der Waals surface area (Å²) in [5, 5.41) is 0. The quantitative estimate of drug-likeness (QED) is 0.337. The van der Waals surface area contributed by atoms with Crippen LogP contribution in [0.1, 0.15) is 30.1 Å². The van der Waals surface area contributed by atoms with Gasteiger partial charge in [-0.15, -0.1) is 0 Å². The van der Waals surface area contributed by atoms with E-state index in [-0.39, 0.29) is 5.78 Å². The Morgan fingerprint density at radius 2 is 1.70 bits per heavy atom. The molecule has 0 fully saturated rings. The van der Waals surface area contributed by atoms with E-state index >= 15 is 0 Å². The molecule has 0 aliphatic heterocycles. The van der Waals surface area contributed by atoms with Gasteiger partial charge in [-0.2, -0.15) is 0 Å². The van der Waals surface area contributed by atoms with Crippen molar-refractivity contribution in [3.63, 3.8) is 0 Å². The van der Waals surface area contributed by atoms with Crippen molar-refractivity contribution in [1.29, 1.82) is 0 Å². The SMILES string of the molecule is C=CC(=O)c1cc(OCCCC)ccc1-c1cc(OC)c(OC)c(OC)c1. The second-order valence-corrected chi connectivity index (χ2v) is 5.89. The number of ether oxygens (including phenoxy) is 4. The number of methoxy groups -OCH3 is 3. The zero-order valence-corrected chi connectivity index (χ0v) is 16.3. The second kappa shape index (κ2) is 9.67. The Balaban J connectivity index is 2.56. The highest BCUT2D eigenvalue weighted by atomic mass is 16.5. The molecule has 0 spiro atoms. The third-order valence-electron chi connectivity index (χ3n) is 4.18. The Labute approximate surface area is 160 Å². The smallest absolute Gasteiger partial charge is 0.203 e. The monoisotopic (exact) mass is 370 g/mol. The first kappa shape index (κ1) is 20.4. The maximum absolute atomic E-state index is 12.5. The van der Waals surface area contributed by atoms with Crippen LogP contribution in [0, 0.1) is 0 Å². The molecular formula is C22H26O5. The molecule has 0 atom stereocenters. The number of carbonyl (C=O) groups is 1. The molecule has 2 rings (SSSR count). The maximum Gasteiger partial charge on any atom is 0.203 e. The first-order chi connectivity index (χ1) is 13.1. The minimum Gasteiger partial charge on any atom is -0.494 e. The number of hydrogen-bond donors (Lipinski definition) is 0. The Bertz CT molecular complexity index is 785. The number of hydrogen-bond acceptors (Lipinski definition) is 5. The lowest BCUT2D eigenvalue weighted by atomic mass is 9.96. The van der Waals surface area contributed by atoms with Gasteiger partial charge in [0, 0.05) is 5.56 Å². The largest absolute Gasteiger partial charge is 0.494 e. The highest BCUT2D eigenvalue weighted by molar-refractivity contribution is 6.09. The van der Waals surface area contributed by atoms with Gasteiger partial charge in [-0.3, -0.25) is 4.79 Å². The van der Waals surface area contributed by atoms with Gasteiger partial charge in [0.15, 0.2) is 17.3 Å². The fraction of sp³-hybridized carbons (Fsp3) is 0.318. The number of unbranched alkanes of at least 4 members (excludes halogenated alkanes) is 1. The number of carbonyl (C=O) groups excluding carboxylic acids is 1. The molecule has 2 aromatic rings. The third-order valence-corrected chi connectivity index (χ3v) is 4.18. The van der Waals surface area contributed by atoms with Gasteiger partial charge in [-0.25, -0.2) is 0 Å². The van der Waals surface area contributed by atoms with E-state index < -0.39 is 0 Å². The molecule has 0 aliphatic rings. The molecule has 0 saturated heterocycles. The molecule has 0 radical (unpaired) electrons. The summed E-state index contributed by atoms with van der Waals surface area (Å²) < 4.78 is 22.0. The van der Waals surface area contributed by atoms with Crippen molar-refractivity contribution in [2.75, 3.05) is 27.9 Å². The van der Waals surface area contributed by atoms with Gasteiger partial charge >= 0.3 is 0 Å². The minimum absolute atomic E-state index is 0.181. The molecule has 2 aromatic carbocycles. The summed E-state index contributed by atoms with van der Waals surface area (Å²) in [5.41, 5.74) is 2.02. The molecule has 27 heavy (non-hydrogen) atoms. The maximum atomic E-state index is 12.5. The number of allylic oxidation sites excluding steroid dienone is 1. The predicted molar refractivity (Wildman–Crippen MR) is 106 cm³/mol. The van der Waals surface area contributed by atoms with Crippen molar-refractivity contribution in [3.05, 3.63) is 48.6 Å². The first-order valence-corrected chi connectivity index (χ1v) is 8.83. The van der Waals surface area contributed by atoms with E-state index in [1.54, 1.807) is 27.4 Å². The second-order valence-electron chi connectivity index (χ2n) is 5.89. The first-order valence-electron chi connectivity index (χ1n) is 8.83. The molecule has 5 heteroatoms. The summed E-state index contributed by atoms with van der Waals surface area (Å²) in [6.45, 7) is 6.33. The molecule has 0 aliphatic carbocycles. The van der Waals surface area contributed by atoms with Crippen LogP contribution in [0.15, 0.2) is 43.0 Å². The van der Waals surface area contributed by atoms with Crippen molar-refractivity contribution >= 4 is 5.78 Å². The molecule has 0 saturated carbocycles. The van der Waals surface area contributed by atoms with E-state index in [2.05, 4.69) is 13.5 Å². The third kappa shape index (κ3) is 4.61. The lowest BCUT2D eigenvalue weighted by Gasteiger charge is -2.16. The summed E-state index contributed by atoms with van der Waals surface area (Å²) in [7, 11) is 4.66. The summed E-state index contributed by atoms with van der Waals surface area (Å²) in [4.78, 5) is 12.5. The normalized spacial score (nSPS) is 10.2. The van der Waals surface area contributed by atoms with Crippen LogP contribution in [0.4, 0.5) is 0 Å². The van der Waals surface area contributed by atoms with E-state index in [4.69, 9.17) is 18.9 Å². The van der Waals surface area contributed by atoms with Crippen LogP contribution in [0.2, 0.25) is 0 Å². The number of benzene rings is 2. The predicted octanol–water partition coefficient (Wildman–Crippen LogP) is 4.93. The minimum atomic E-state index is -0.181. The molecule has 0 heterocycles. The van der Waals surface area contributed by atoms with Crippen LogP contribution >= 0.6 is 0 Å². The number of rotatable bonds is 10. The van der Waals surface area contributed by atoms with Gasteiger partial charge in [0.05, 0.1) is 27.9 Å². The van der Waals surface area contributed by atoms with E-state index in [0.717, 1.165) is 24.0 Å². The fourth-order valence-corrected chi connectivity index (χ4v) is 2.75. The van der Waals surface area contributed by atoms with Gasteiger partial charge in [0.1, 0.15) is 5.75 Å². The molecule has 0 aromatic heterocycles. The standard InChI is InChI=1S/C22H26O5/c1-6-8-11-27-16-9-10-17(18(14-16)19(23)7-2)15-12-20(24-3)22(26-5)21(13-15)25-4/h7,9-10,12-14H,2,6,8,11H2,1,3-5H3. The summed E-state index contributed by atoms with van der Waals surface area (Å²) in [6, 6.07) is 9.09. The highest BCUT2D eigenvalue weighted by Gasteiger charge is 2.18. The van der Waals surface area contributed by atoms with Gasteiger partial charge in [-0.1, -0.05) is 19.9 Å². The van der Waals surface area contributed by atoms with Crippen molar-refractivity contribution in [2.24, 2.45) is 0 Å². The Hall–Kier alpha value is -2.95. The van der Waals surface area contributed by atoms with Crippen LogP contribution in [0.3, 0.4) is 0 Å². The van der Waals surface area contributed by atoms with Crippen LogP contribution in [-0.4, -0.2) is 33.7 Å². The molecule has 5 nitrogen and oxygen atoms in total. The van der Waals surface area contributed by atoms with E-state index in [0.29, 0.717) is 35.2 Å². The Kier molecular flexibility index (Phi) is 7.29. The molecule has 0 amide bonds. The van der Waals surface area contributed by atoms with E-state index in [1.165, 1.54) is 6.08 Å². The van der Waals surface area contributed by atoms with Gasteiger partial charge < -0.3 is 18.9 Å². The lowest BCUT2D eigenvalue weighted by Crippen LogP contribution is -2.02.